The summed E-state index contributed by atoms with van der Waals surface area (Å²) in [4.78, 5) is 0. The topological polar surface area (TPSA) is 77.6 Å². The molecule has 0 saturated heterocycles. The summed E-state index contributed by atoms with van der Waals surface area (Å²) in [6.45, 7) is 0. The van der Waals surface area contributed by atoms with Crippen LogP contribution in [0.1, 0.15) is 0 Å². The molecular formula is C5H3N5O. The molecule has 0 radical (unpaired) electrons. The third-order valence-corrected chi connectivity index (χ3v) is 1.13. The van der Waals surface area contributed by atoms with Crippen molar-refractivity contribution in [3.63, 3.8) is 0 Å². The van der Waals surface area contributed by atoms with Gasteiger partial charge in [-0.25, -0.2) is 4.63 Å². The number of hydrogen-bond donors (Lipinski definition) is 0. The molecule has 6 nitrogen and oxygen atoms in total. The van der Waals surface area contributed by atoms with Gasteiger partial charge in [0.1, 0.15) is 11.9 Å². The van der Waals surface area contributed by atoms with Crippen LogP contribution < -0.4 is 0 Å². The summed E-state index contributed by atoms with van der Waals surface area (Å²) >= 11 is 0. The molecule has 6 heteroatoms. The van der Waals surface area contributed by atoms with Gasteiger partial charge in [0.05, 0.1) is 6.20 Å². The predicted molar refractivity (Wildman–Crippen MR) is 33.1 cm³/mol. The standard InChI is InChI=1S/C5H3N5O/c1-2-6-10-8-4(1)5-3-7-11-9-5/h1-3H. The average molecular weight is 149 g/mol. The van der Waals surface area contributed by atoms with E-state index < -0.39 is 0 Å². The summed E-state index contributed by atoms with van der Waals surface area (Å²) in [7, 11) is 0. The lowest BCUT2D eigenvalue weighted by Gasteiger charge is -1.86. The van der Waals surface area contributed by atoms with Crippen LogP contribution in [0.2, 0.25) is 0 Å². The lowest BCUT2D eigenvalue weighted by Crippen LogP contribution is -1.88. The molecule has 0 fully saturated rings. The van der Waals surface area contributed by atoms with Crippen LogP contribution in [0.5, 0.6) is 0 Å². The van der Waals surface area contributed by atoms with Gasteiger partial charge in [0, 0.05) is 0 Å². The van der Waals surface area contributed by atoms with Crippen molar-refractivity contribution in [2.24, 2.45) is 0 Å². The first-order valence-corrected chi connectivity index (χ1v) is 2.89. The Morgan fingerprint density at radius 2 is 2.27 bits per heavy atom. The largest absolute Gasteiger partial charge is 0.244 e. The second kappa shape index (κ2) is 2.41. The van der Waals surface area contributed by atoms with E-state index in [2.05, 4.69) is 30.4 Å². The highest BCUT2D eigenvalue weighted by molar-refractivity contribution is 5.49. The zero-order valence-corrected chi connectivity index (χ0v) is 5.38. The van der Waals surface area contributed by atoms with Crippen LogP contribution in [0.15, 0.2) is 23.1 Å². The third kappa shape index (κ3) is 1.05. The van der Waals surface area contributed by atoms with Crippen LogP contribution in [-0.2, 0) is 0 Å². The Kier molecular flexibility index (Phi) is 1.29. The van der Waals surface area contributed by atoms with Crippen LogP contribution in [0.3, 0.4) is 0 Å². The minimum absolute atomic E-state index is 0.555. The van der Waals surface area contributed by atoms with Crippen LogP contribution in [0.25, 0.3) is 11.4 Å². The van der Waals surface area contributed by atoms with E-state index in [4.69, 9.17) is 0 Å². The molecule has 2 rings (SSSR count). The second-order valence-electron chi connectivity index (χ2n) is 1.80. The molecule has 0 aliphatic rings. The van der Waals surface area contributed by atoms with Gasteiger partial charge in [-0.2, -0.15) is 0 Å². The van der Waals surface area contributed by atoms with E-state index >= 15 is 0 Å². The summed E-state index contributed by atoms with van der Waals surface area (Å²) in [5.74, 6) is 0. The van der Waals surface area contributed by atoms with Crippen molar-refractivity contribution in [3.05, 3.63) is 18.5 Å². The molecule has 0 bridgehead atoms. The molecule has 54 valence electrons. The normalized spacial score (nSPS) is 9.82. The van der Waals surface area contributed by atoms with Crippen molar-refractivity contribution in [3.8, 4) is 11.4 Å². The highest BCUT2D eigenvalue weighted by Crippen LogP contribution is 2.08. The smallest absolute Gasteiger partial charge is 0.155 e. The van der Waals surface area contributed by atoms with E-state index in [-0.39, 0.29) is 0 Å². The average Bonchev–Trinajstić information content (AvgIpc) is 2.58. The number of rotatable bonds is 1. The van der Waals surface area contributed by atoms with Gasteiger partial charge in [-0.05, 0) is 16.4 Å². The fourth-order valence-corrected chi connectivity index (χ4v) is 0.655. The molecule has 0 aromatic carbocycles. The fraction of sp³-hybridized carbons (Fsp3) is 0. The summed E-state index contributed by atoms with van der Waals surface area (Å²) in [6.07, 6.45) is 2.99. The fourth-order valence-electron chi connectivity index (χ4n) is 0.655. The highest BCUT2D eigenvalue weighted by Gasteiger charge is 2.01. The van der Waals surface area contributed by atoms with Crippen molar-refractivity contribution in [2.75, 3.05) is 0 Å². The first kappa shape index (κ1) is 5.90. The maximum Gasteiger partial charge on any atom is 0.155 e. The van der Waals surface area contributed by atoms with E-state index in [0.29, 0.717) is 11.4 Å². The summed E-state index contributed by atoms with van der Waals surface area (Å²) in [5, 5.41) is 17.6. The number of hydrogen-bond acceptors (Lipinski definition) is 6. The van der Waals surface area contributed by atoms with Gasteiger partial charge in [0.15, 0.2) is 5.69 Å². The molecular weight excluding hydrogens is 146 g/mol. The van der Waals surface area contributed by atoms with Gasteiger partial charge in [-0.3, -0.25) is 0 Å². The molecule has 0 aliphatic heterocycles. The van der Waals surface area contributed by atoms with Gasteiger partial charge in [0.25, 0.3) is 0 Å². The van der Waals surface area contributed by atoms with Crippen LogP contribution in [0.4, 0.5) is 0 Å². The summed E-state index contributed by atoms with van der Waals surface area (Å²) < 4.78 is 4.38. The molecule has 2 aromatic heterocycles. The first-order valence-electron chi connectivity index (χ1n) is 2.89. The first-order chi connectivity index (χ1) is 5.47. The van der Waals surface area contributed by atoms with Gasteiger partial charge in [-0.15, -0.1) is 10.2 Å². The molecule has 11 heavy (non-hydrogen) atoms. The van der Waals surface area contributed by atoms with Crippen LogP contribution >= 0.6 is 0 Å². The van der Waals surface area contributed by atoms with Gasteiger partial charge >= 0.3 is 0 Å². The number of nitrogens with zero attached hydrogens (tertiary/aromatic N) is 5. The summed E-state index contributed by atoms with van der Waals surface area (Å²) in [6, 6.07) is 1.67. The van der Waals surface area contributed by atoms with Gasteiger partial charge < -0.3 is 0 Å². The minimum Gasteiger partial charge on any atom is -0.244 e. The van der Waals surface area contributed by atoms with Crippen molar-refractivity contribution in [1.82, 2.24) is 25.7 Å². The Balaban J connectivity index is 2.46. The Labute approximate surface area is 61.2 Å². The Morgan fingerprint density at radius 1 is 1.27 bits per heavy atom. The number of aromatic nitrogens is 5. The predicted octanol–water partition coefficient (Wildman–Crippen LogP) is -0.0784. The molecule has 0 N–H and O–H groups in total. The van der Waals surface area contributed by atoms with Crippen LogP contribution in [0, 0.1) is 0 Å². The van der Waals surface area contributed by atoms with Crippen molar-refractivity contribution in [1.29, 1.82) is 0 Å². The second-order valence-corrected chi connectivity index (χ2v) is 1.80. The summed E-state index contributed by atoms with van der Waals surface area (Å²) in [5.41, 5.74) is 1.15. The van der Waals surface area contributed by atoms with E-state index in [0.717, 1.165) is 0 Å². The van der Waals surface area contributed by atoms with E-state index in [9.17, 15) is 0 Å². The third-order valence-electron chi connectivity index (χ3n) is 1.13. The lowest BCUT2D eigenvalue weighted by molar-refractivity contribution is 0.308. The molecule has 0 atom stereocenters. The Morgan fingerprint density at radius 3 is 2.91 bits per heavy atom. The van der Waals surface area contributed by atoms with E-state index in [1.54, 1.807) is 6.07 Å². The zero-order valence-electron chi connectivity index (χ0n) is 5.38. The molecule has 0 spiro atoms. The van der Waals surface area contributed by atoms with Crippen molar-refractivity contribution < 1.29 is 4.63 Å². The quantitative estimate of drug-likeness (QED) is 0.564. The Bertz CT molecular complexity index is 318. The Hall–Kier alpha value is -1.85. The van der Waals surface area contributed by atoms with E-state index in [1.807, 2.05) is 0 Å². The SMILES string of the molecule is c1cc(-c2cnon2)nnn1. The molecule has 2 aromatic rings. The zero-order chi connectivity index (χ0) is 7.52. The maximum atomic E-state index is 4.38. The highest BCUT2D eigenvalue weighted by atomic mass is 16.6. The van der Waals surface area contributed by atoms with E-state index in [1.165, 1.54) is 12.4 Å². The molecule has 2 heterocycles. The van der Waals surface area contributed by atoms with Crippen molar-refractivity contribution >= 4 is 0 Å². The molecule has 0 unspecified atom stereocenters. The van der Waals surface area contributed by atoms with Gasteiger partial charge in [-0.1, -0.05) is 5.16 Å². The van der Waals surface area contributed by atoms with Gasteiger partial charge in [0.2, 0.25) is 0 Å². The minimum atomic E-state index is 0.555. The maximum absolute atomic E-state index is 4.38. The lowest BCUT2D eigenvalue weighted by atomic mass is 10.3. The monoisotopic (exact) mass is 149 g/mol. The molecule has 0 saturated carbocycles. The van der Waals surface area contributed by atoms with Crippen LogP contribution in [-0.4, -0.2) is 25.7 Å². The molecule has 0 amide bonds. The van der Waals surface area contributed by atoms with Crippen molar-refractivity contribution in [2.45, 2.75) is 0 Å². The molecule has 0 aliphatic carbocycles.